The molecule has 154 valence electrons. The summed E-state index contributed by atoms with van der Waals surface area (Å²) in [6, 6.07) is 16.8. The van der Waals surface area contributed by atoms with Gasteiger partial charge in [-0.05, 0) is 31.0 Å². The van der Waals surface area contributed by atoms with E-state index >= 15 is 0 Å². The van der Waals surface area contributed by atoms with Crippen molar-refractivity contribution < 1.29 is 9.59 Å². The highest BCUT2D eigenvalue weighted by Gasteiger charge is 2.34. The first kappa shape index (κ1) is 20.0. The molecule has 2 heterocycles. The number of nitrogens with zero attached hydrogens (tertiary/aromatic N) is 1. The minimum Gasteiger partial charge on any atom is -0.343 e. The molecule has 0 spiro atoms. The van der Waals surface area contributed by atoms with Gasteiger partial charge in [-0.1, -0.05) is 60.2 Å². The number of carbonyl (C=O) groups is 2. The van der Waals surface area contributed by atoms with Crippen molar-refractivity contribution in [3.05, 3.63) is 83.6 Å². The zero-order valence-corrected chi connectivity index (χ0v) is 17.4. The summed E-state index contributed by atoms with van der Waals surface area (Å²) in [6.45, 7) is 4.95. The summed E-state index contributed by atoms with van der Waals surface area (Å²) in [6.07, 6.45) is 5.24. The second-order valence-corrected chi connectivity index (χ2v) is 8.12. The van der Waals surface area contributed by atoms with Crippen molar-refractivity contribution in [1.29, 1.82) is 0 Å². The first-order chi connectivity index (χ1) is 14.5. The predicted octanol–water partition coefficient (Wildman–Crippen LogP) is 3.38. The lowest BCUT2D eigenvalue weighted by Gasteiger charge is -2.29. The molecule has 0 aliphatic carbocycles. The Balaban J connectivity index is 1.51. The van der Waals surface area contributed by atoms with Crippen LogP contribution in [0.1, 0.15) is 25.0 Å². The van der Waals surface area contributed by atoms with Crippen LogP contribution in [0.4, 0.5) is 0 Å². The third-order valence-electron chi connectivity index (χ3n) is 5.54. The normalized spacial score (nSPS) is 18.7. The monoisotopic (exact) mass is 401 g/mol. The molecular formula is C25H27N3O2. The minimum absolute atomic E-state index is 0.128. The molecule has 2 unspecified atom stereocenters. The highest BCUT2D eigenvalue weighted by molar-refractivity contribution is 5.97. The Kier molecular flexibility index (Phi) is 5.70. The average molecular weight is 402 g/mol. The van der Waals surface area contributed by atoms with Gasteiger partial charge in [-0.3, -0.25) is 9.59 Å². The van der Waals surface area contributed by atoms with Crippen LogP contribution in [0.3, 0.4) is 0 Å². The minimum atomic E-state index is -0.563. The molecule has 5 nitrogen and oxygen atoms in total. The van der Waals surface area contributed by atoms with Crippen LogP contribution >= 0.6 is 0 Å². The lowest BCUT2D eigenvalue weighted by atomic mass is 9.98. The Morgan fingerprint density at radius 3 is 2.23 bits per heavy atom. The molecule has 1 saturated heterocycles. The van der Waals surface area contributed by atoms with Gasteiger partial charge >= 0.3 is 0 Å². The van der Waals surface area contributed by atoms with Crippen molar-refractivity contribution in [1.82, 2.24) is 15.2 Å². The number of carbonyl (C=O) groups excluding carboxylic acids is 2. The van der Waals surface area contributed by atoms with Crippen LogP contribution in [0.25, 0.3) is 10.9 Å². The quantitative estimate of drug-likeness (QED) is 0.622. The Labute approximate surface area is 176 Å². The number of piperazine rings is 1. The van der Waals surface area contributed by atoms with E-state index in [0.29, 0.717) is 12.8 Å². The number of nitrogens with one attached hydrogen (secondary N) is 2. The van der Waals surface area contributed by atoms with E-state index in [1.165, 1.54) is 5.57 Å². The lowest BCUT2D eigenvalue weighted by Crippen LogP contribution is -2.62. The second kappa shape index (κ2) is 8.57. The molecule has 1 aromatic heterocycles. The number of amides is 2. The smallest absolute Gasteiger partial charge is 0.243 e. The number of allylic oxidation sites excluding steroid dienone is 2. The van der Waals surface area contributed by atoms with Gasteiger partial charge in [0.05, 0.1) is 0 Å². The molecule has 1 aliphatic heterocycles. The summed E-state index contributed by atoms with van der Waals surface area (Å²) in [4.78, 5) is 25.4. The Morgan fingerprint density at radius 1 is 0.900 bits per heavy atom. The van der Waals surface area contributed by atoms with Gasteiger partial charge in [-0.15, -0.1) is 0 Å². The van der Waals surface area contributed by atoms with Crippen LogP contribution in [-0.4, -0.2) is 28.5 Å². The van der Waals surface area contributed by atoms with Gasteiger partial charge < -0.3 is 15.2 Å². The third-order valence-corrected chi connectivity index (χ3v) is 5.54. The van der Waals surface area contributed by atoms with Crippen LogP contribution in [0.15, 0.2) is 72.4 Å². The number of hydrogen-bond donors (Lipinski definition) is 2. The summed E-state index contributed by atoms with van der Waals surface area (Å²) in [5, 5.41) is 6.97. The zero-order chi connectivity index (χ0) is 21.1. The molecule has 4 rings (SSSR count). The van der Waals surface area contributed by atoms with E-state index in [2.05, 4.69) is 53.5 Å². The summed E-state index contributed by atoms with van der Waals surface area (Å²) >= 11 is 0. The summed E-state index contributed by atoms with van der Waals surface area (Å²) < 4.78 is 2.19. The highest BCUT2D eigenvalue weighted by atomic mass is 16.2. The van der Waals surface area contributed by atoms with E-state index in [1.807, 2.05) is 42.5 Å². The first-order valence-electron chi connectivity index (χ1n) is 10.4. The van der Waals surface area contributed by atoms with E-state index < -0.39 is 12.1 Å². The fourth-order valence-corrected chi connectivity index (χ4v) is 3.95. The Hall–Kier alpha value is -3.34. The molecule has 2 amide bonds. The van der Waals surface area contributed by atoms with Crippen molar-refractivity contribution in [2.75, 3.05) is 0 Å². The molecule has 0 radical (unpaired) electrons. The molecule has 2 N–H and O–H groups in total. The van der Waals surface area contributed by atoms with E-state index in [9.17, 15) is 9.59 Å². The molecule has 30 heavy (non-hydrogen) atoms. The molecule has 0 bridgehead atoms. The molecule has 2 atom stereocenters. The van der Waals surface area contributed by atoms with Crippen molar-refractivity contribution in [2.24, 2.45) is 0 Å². The van der Waals surface area contributed by atoms with Gasteiger partial charge in [0, 0.05) is 36.5 Å². The molecule has 2 aromatic carbocycles. The van der Waals surface area contributed by atoms with E-state index in [1.54, 1.807) is 0 Å². The van der Waals surface area contributed by atoms with Crippen molar-refractivity contribution in [2.45, 2.75) is 45.3 Å². The van der Waals surface area contributed by atoms with Crippen LogP contribution < -0.4 is 10.6 Å². The lowest BCUT2D eigenvalue weighted by molar-refractivity contribution is -0.136. The fourth-order valence-electron chi connectivity index (χ4n) is 3.95. The van der Waals surface area contributed by atoms with Crippen LogP contribution in [0.5, 0.6) is 0 Å². The zero-order valence-electron chi connectivity index (χ0n) is 17.4. The van der Waals surface area contributed by atoms with Gasteiger partial charge in [0.2, 0.25) is 11.8 Å². The summed E-state index contributed by atoms with van der Waals surface area (Å²) in [7, 11) is 0. The van der Waals surface area contributed by atoms with Gasteiger partial charge in [0.25, 0.3) is 0 Å². The molecule has 3 aromatic rings. The van der Waals surface area contributed by atoms with Crippen LogP contribution in [0.2, 0.25) is 0 Å². The van der Waals surface area contributed by atoms with Gasteiger partial charge in [-0.2, -0.15) is 0 Å². The van der Waals surface area contributed by atoms with Gasteiger partial charge in [0.1, 0.15) is 12.1 Å². The number of rotatable bonds is 6. The second-order valence-electron chi connectivity index (χ2n) is 8.12. The van der Waals surface area contributed by atoms with E-state index in [-0.39, 0.29) is 11.8 Å². The number of benzene rings is 2. The van der Waals surface area contributed by atoms with E-state index in [0.717, 1.165) is 28.6 Å². The van der Waals surface area contributed by atoms with Gasteiger partial charge in [0.15, 0.2) is 0 Å². The van der Waals surface area contributed by atoms with Crippen LogP contribution in [-0.2, 0) is 29.0 Å². The fraction of sp³-hybridized carbons (Fsp3) is 0.280. The summed E-state index contributed by atoms with van der Waals surface area (Å²) in [5.74, 6) is -0.256. The summed E-state index contributed by atoms with van der Waals surface area (Å²) in [5.41, 5.74) is 4.49. The molecule has 0 saturated carbocycles. The van der Waals surface area contributed by atoms with E-state index in [4.69, 9.17) is 0 Å². The topological polar surface area (TPSA) is 63.1 Å². The van der Waals surface area contributed by atoms with Crippen molar-refractivity contribution in [3.8, 4) is 0 Å². The van der Waals surface area contributed by atoms with Gasteiger partial charge in [-0.25, -0.2) is 0 Å². The molecular weight excluding hydrogens is 374 g/mol. The van der Waals surface area contributed by atoms with Crippen molar-refractivity contribution >= 4 is 22.7 Å². The Morgan fingerprint density at radius 2 is 1.53 bits per heavy atom. The third kappa shape index (κ3) is 4.30. The number of hydrogen-bond acceptors (Lipinski definition) is 2. The first-order valence-corrected chi connectivity index (χ1v) is 10.4. The number of para-hydroxylation sites is 1. The molecule has 1 aliphatic rings. The predicted molar refractivity (Wildman–Crippen MR) is 119 cm³/mol. The number of aromatic nitrogens is 1. The Bertz CT molecular complexity index is 1090. The largest absolute Gasteiger partial charge is 0.343 e. The maximum absolute atomic E-state index is 12.8. The average Bonchev–Trinajstić information content (AvgIpc) is 3.08. The number of fused-ring (bicyclic) bond motifs is 1. The highest BCUT2D eigenvalue weighted by Crippen LogP contribution is 2.23. The standard InChI is InChI=1S/C25H27N3O2/c1-17(2)12-13-28-16-19(20-10-6-7-11-23(20)28)15-22-25(30)26-21(24(29)27-22)14-18-8-4-3-5-9-18/h3-12,16,21-22H,13-15H2,1-2H3,(H,26,30)(H,27,29). The maximum atomic E-state index is 12.8. The van der Waals surface area contributed by atoms with Crippen molar-refractivity contribution in [3.63, 3.8) is 0 Å². The maximum Gasteiger partial charge on any atom is 0.243 e. The molecule has 5 heteroatoms. The van der Waals surface area contributed by atoms with Crippen LogP contribution in [0, 0.1) is 0 Å². The SMILES string of the molecule is CC(C)=CCn1cc(CC2NC(=O)C(Cc3ccccc3)NC2=O)c2ccccc21. The molecule has 1 fully saturated rings.